The standard InChI is InChI=1S/C12H18N4O2/c1-9-14-10(8-11(17)15-9)13-5-4-12(18)16-6-2-3-7-16/h8H,2-7H2,1H3,(H2,13,14,15,17). The zero-order valence-corrected chi connectivity index (χ0v) is 10.5. The lowest BCUT2D eigenvalue weighted by molar-refractivity contribution is -0.129. The van der Waals surface area contributed by atoms with E-state index in [1.54, 1.807) is 6.92 Å². The van der Waals surface area contributed by atoms with Crippen molar-refractivity contribution in [2.24, 2.45) is 0 Å². The van der Waals surface area contributed by atoms with Crippen molar-refractivity contribution < 1.29 is 4.79 Å². The topological polar surface area (TPSA) is 78.1 Å². The largest absolute Gasteiger partial charge is 0.369 e. The Kier molecular flexibility index (Phi) is 3.96. The number of carbonyl (C=O) groups excluding carboxylic acids is 1. The van der Waals surface area contributed by atoms with Crippen molar-refractivity contribution in [1.29, 1.82) is 0 Å². The second kappa shape index (κ2) is 5.66. The number of aromatic amines is 1. The van der Waals surface area contributed by atoms with E-state index in [1.807, 2.05) is 4.90 Å². The summed E-state index contributed by atoms with van der Waals surface area (Å²) in [6.45, 7) is 3.98. The molecule has 1 aliphatic rings. The SMILES string of the molecule is Cc1nc(NCCC(=O)N2CCCC2)cc(=O)[nH]1. The van der Waals surface area contributed by atoms with E-state index in [9.17, 15) is 9.59 Å². The summed E-state index contributed by atoms with van der Waals surface area (Å²) in [6, 6.07) is 1.40. The van der Waals surface area contributed by atoms with Gasteiger partial charge in [-0.05, 0) is 19.8 Å². The Morgan fingerprint density at radius 3 is 2.89 bits per heavy atom. The van der Waals surface area contributed by atoms with Gasteiger partial charge in [0, 0.05) is 32.1 Å². The molecule has 0 aromatic carbocycles. The van der Waals surface area contributed by atoms with Crippen LogP contribution in [0, 0.1) is 6.92 Å². The molecule has 98 valence electrons. The van der Waals surface area contributed by atoms with Crippen LogP contribution in [0.15, 0.2) is 10.9 Å². The van der Waals surface area contributed by atoms with E-state index in [0.717, 1.165) is 25.9 Å². The molecule has 1 aromatic heterocycles. The smallest absolute Gasteiger partial charge is 0.252 e. The number of hydrogen-bond donors (Lipinski definition) is 2. The predicted molar refractivity (Wildman–Crippen MR) is 68.5 cm³/mol. The molecule has 2 heterocycles. The number of anilines is 1. The van der Waals surface area contributed by atoms with Gasteiger partial charge in [-0.3, -0.25) is 9.59 Å². The van der Waals surface area contributed by atoms with Crippen LogP contribution in [0.1, 0.15) is 25.1 Å². The maximum Gasteiger partial charge on any atom is 0.252 e. The maximum atomic E-state index is 11.8. The summed E-state index contributed by atoms with van der Waals surface area (Å²) in [6.07, 6.45) is 2.65. The molecule has 0 unspecified atom stereocenters. The molecule has 0 radical (unpaired) electrons. The minimum atomic E-state index is -0.184. The van der Waals surface area contributed by atoms with Crippen molar-refractivity contribution >= 4 is 11.7 Å². The Hall–Kier alpha value is -1.85. The number of aromatic nitrogens is 2. The van der Waals surface area contributed by atoms with Crippen molar-refractivity contribution in [3.63, 3.8) is 0 Å². The number of nitrogens with zero attached hydrogens (tertiary/aromatic N) is 2. The summed E-state index contributed by atoms with van der Waals surface area (Å²) in [7, 11) is 0. The molecule has 1 aromatic rings. The summed E-state index contributed by atoms with van der Waals surface area (Å²) in [5.74, 6) is 1.25. The van der Waals surface area contributed by atoms with Crippen molar-refractivity contribution in [3.8, 4) is 0 Å². The second-order valence-corrected chi connectivity index (χ2v) is 4.48. The number of amides is 1. The fourth-order valence-corrected chi connectivity index (χ4v) is 2.09. The number of nitrogens with one attached hydrogen (secondary N) is 2. The number of carbonyl (C=O) groups is 1. The first-order chi connectivity index (χ1) is 8.65. The quantitative estimate of drug-likeness (QED) is 0.816. The van der Waals surface area contributed by atoms with Gasteiger partial charge >= 0.3 is 0 Å². The third kappa shape index (κ3) is 3.32. The van der Waals surface area contributed by atoms with Crippen LogP contribution in [0.3, 0.4) is 0 Å². The Morgan fingerprint density at radius 1 is 1.50 bits per heavy atom. The number of H-pyrrole nitrogens is 1. The van der Waals surface area contributed by atoms with E-state index < -0.39 is 0 Å². The third-order valence-corrected chi connectivity index (χ3v) is 2.96. The molecular weight excluding hydrogens is 232 g/mol. The molecular formula is C12H18N4O2. The summed E-state index contributed by atoms with van der Waals surface area (Å²) in [5.41, 5.74) is -0.184. The molecule has 6 nitrogen and oxygen atoms in total. The van der Waals surface area contributed by atoms with Gasteiger partial charge in [-0.15, -0.1) is 0 Å². The van der Waals surface area contributed by atoms with E-state index in [-0.39, 0.29) is 11.5 Å². The molecule has 6 heteroatoms. The predicted octanol–water partition coefficient (Wildman–Crippen LogP) is 0.503. The lowest BCUT2D eigenvalue weighted by atomic mass is 10.3. The Labute approximate surface area is 105 Å². The Bertz CT molecular complexity index is 477. The highest BCUT2D eigenvalue weighted by atomic mass is 16.2. The van der Waals surface area contributed by atoms with Crippen molar-refractivity contribution in [1.82, 2.24) is 14.9 Å². The molecule has 0 bridgehead atoms. The first-order valence-electron chi connectivity index (χ1n) is 6.25. The Balaban J connectivity index is 1.81. The van der Waals surface area contributed by atoms with Crippen LogP contribution in [0.4, 0.5) is 5.82 Å². The van der Waals surface area contributed by atoms with Gasteiger partial charge in [0.25, 0.3) is 5.56 Å². The van der Waals surface area contributed by atoms with Gasteiger partial charge in [-0.2, -0.15) is 0 Å². The molecule has 0 spiro atoms. The summed E-state index contributed by atoms with van der Waals surface area (Å²) < 4.78 is 0. The lowest BCUT2D eigenvalue weighted by Gasteiger charge is -2.15. The van der Waals surface area contributed by atoms with Gasteiger partial charge in [0.1, 0.15) is 11.6 Å². The molecule has 1 aliphatic heterocycles. The van der Waals surface area contributed by atoms with Gasteiger partial charge < -0.3 is 15.2 Å². The monoisotopic (exact) mass is 250 g/mol. The van der Waals surface area contributed by atoms with E-state index >= 15 is 0 Å². The highest BCUT2D eigenvalue weighted by molar-refractivity contribution is 5.76. The van der Waals surface area contributed by atoms with E-state index in [0.29, 0.717) is 24.6 Å². The van der Waals surface area contributed by atoms with E-state index in [4.69, 9.17) is 0 Å². The van der Waals surface area contributed by atoms with E-state index in [1.165, 1.54) is 6.07 Å². The fourth-order valence-electron chi connectivity index (χ4n) is 2.09. The molecule has 1 saturated heterocycles. The van der Waals surface area contributed by atoms with Crippen LogP contribution >= 0.6 is 0 Å². The van der Waals surface area contributed by atoms with Crippen LogP contribution in [-0.4, -0.2) is 40.4 Å². The van der Waals surface area contributed by atoms with E-state index in [2.05, 4.69) is 15.3 Å². The number of rotatable bonds is 4. The number of aryl methyl sites for hydroxylation is 1. The first-order valence-corrected chi connectivity index (χ1v) is 6.25. The third-order valence-electron chi connectivity index (χ3n) is 2.96. The maximum absolute atomic E-state index is 11.8. The fraction of sp³-hybridized carbons (Fsp3) is 0.583. The highest BCUT2D eigenvalue weighted by Crippen LogP contribution is 2.09. The van der Waals surface area contributed by atoms with Crippen LogP contribution in [0.2, 0.25) is 0 Å². The zero-order chi connectivity index (χ0) is 13.0. The molecule has 2 N–H and O–H groups in total. The summed E-state index contributed by atoms with van der Waals surface area (Å²) >= 11 is 0. The molecule has 1 amide bonds. The number of likely N-dealkylation sites (tertiary alicyclic amines) is 1. The van der Waals surface area contributed by atoms with Crippen molar-refractivity contribution in [2.75, 3.05) is 25.0 Å². The first kappa shape index (κ1) is 12.6. The molecule has 0 atom stereocenters. The van der Waals surface area contributed by atoms with Gasteiger partial charge in [-0.1, -0.05) is 0 Å². The van der Waals surface area contributed by atoms with Crippen LogP contribution in [0.25, 0.3) is 0 Å². The molecule has 0 aliphatic carbocycles. The summed E-state index contributed by atoms with van der Waals surface area (Å²) in [4.78, 5) is 31.6. The highest BCUT2D eigenvalue weighted by Gasteiger charge is 2.16. The zero-order valence-electron chi connectivity index (χ0n) is 10.5. The minimum Gasteiger partial charge on any atom is -0.369 e. The van der Waals surface area contributed by atoms with Crippen molar-refractivity contribution in [3.05, 3.63) is 22.2 Å². The van der Waals surface area contributed by atoms with Gasteiger partial charge in [0.2, 0.25) is 5.91 Å². The second-order valence-electron chi connectivity index (χ2n) is 4.48. The molecule has 0 saturated carbocycles. The molecule has 18 heavy (non-hydrogen) atoms. The van der Waals surface area contributed by atoms with Gasteiger partial charge in [0.05, 0.1) is 0 Å². The van der Waals surface area contributed by atoms with Gasteiger partial charge in [-0.25, -0.2) is 4.98 Å². The Morgan fingerprint density at radius 2 is 2.22 bits per heavy atom. The normalized spacial score (nSPS) is 14.8. The van der Waals surface area contributed by atoms with Crippen LogP contribution in [-0.2, 0) is 4.79 Å². The molecule has 1 fully saturated rings. The minimum absolute atomic E-state index is 0.168. The average molecular weight is 250 g/mol. The average Bonchev–Trinajstić information content (AvgIpc) is 2.80. The van der Waals surface area contributed by atoms with Crippen LogP contribution in [0.5, 0.6) is 0 Å². The van der Waals surface area contributed by atoms with Crippen LogP contribution < -0.4 is 10.9 Å². The number of hydrogen-bond acceptors (Lipinski definition) is 4. The summed E-state index contributed by atoms with van der Waals surface area (Å²) in [5, 5.41) is 3.00. The van der Waals surface area contributed by atoms with Crippen molar-refractivity contribution in [2.45, 2.75) is 26.2 Å². The lowest BCUT2D eigenvalue weighted by Crippen LogP contribution is -2.29. The van der Waals surface area contributed by atoms with Gasteiger partial charge in [0.15, 0.2) is 0 Å². The molecule has 2 rings (SSSR count).